The fraction of sp³-hybridized carbons (Fsp3) is 0.526. The number of aliphatic hydroxyl groups excluding tert-OH is 1. The molecule has 0 aromatic heterocycles. The van der Waals surface area contributed by atoms with Gasteiger partial charge in [-0.2, -0.15) is 0 Å². The number of aliphatic hydroxyl groups is 1. The van der Waals surface area contributed by atoms with Gasteiger partial charge in [-0.05, 0) is 36.6 Å². The van der Waals surface area contributed by atoms with Crippen LogP contribution in [-0.2, 0) is 20.8 Å². The SMILES string of the molecule is Cc1cc(F)cc(C[C@H](NC(=O)C2CNC(=O)C2)[C@H](O)[C@@H]2NCCNC2=O)c1. The molecule has 0 bridgehead atoms. The molecule has 2 fully saturated rings. The maximum atomic E-state index is 13.8. The van der Waals surface area contributed by atoms with Crippen LogP contribution in [0.2, 0.25) is 0 Å². The number of benzene rings is 1. The lowest BCUT2D eigenvalue weighted by Gasteiger charge is -2.33. The molecule has 1 aromatic carbocycles. The van der Waals surface area contributed by atoms with E-state index in [1.165, 1.54) is 12.1 Å². The number of rotatable bonds is 6. The molecule has 1 unspecified atom stereocenters. The third kappa shape index (κ3) is 4.85. The van der Waals surface area contributed by atoms with Crippen molar-refractivity contribution >= 4 is 17.7 Å². The van der Waals surface area contributed by atoms with Crippen molar-refractivity contribution in [2.75, 3.05) is 19.6 Å². The summed E-state index contributed by atoms with van der Waals surface area (Å²) in [5.41, 5.74) is 1.31. The largest absolute Gasteiger partial charge is 0.389 e. The van der Waals surface area contributed by atoms with Gasteiger partial charge >= 0.3 is 0 Å². The van der Waals surface area contributed by atoms with Crippen LogP contribution in [0.15, 0.2) is 18.2 Å². The summed E-state index contributed by atoms with van der Waals surface area (Å²) in [4.78, 5) is 36.1. The van der Waals surface area contributed by atoms with E-state index in [4.69, 9.17) is 0 Å². The lowest BCUT2D eigenvalue weighted by molar-refractivity contribution is -0.131. The molecule has 2 saturated heterocycles. The van der Waals surface area contributed by atoms with Crippen molar-refractivity contribution in [3.8, 4) is 0 Å². The second-order valence-electron chi connectivity index (χ2n) is 7.37. The first-order valence-electron chi connectivity index (χ1n) is 9.36. The number of amides is 3. The van der Waals surface area contributed by atoms with Crippen LogP contribution in [0.3, 0.4) is 0 Å². The van der Waals surface area contributed by atoms with Crippen LogP contribution >= 0.6 is 0 Å². The Labute approximate surface area is 162 Å². The van der Waals surface area contributed by atoms with Gasteiger partial charge in [-0.1, -0.05) is 6.07 Å². The van der Waals surface area contributed by atoms with Gasteiger partial charge in [0.2, 0.25) is 17.7 Å². The summed E-state index contributed by atoms with van der Waals surface area (Å²) < 4.78 is 13.8. The van der Waals surface area contributed by atoms with Gasteiger partial charge in [-0.25, -0.2) is 4.39 Å². The van der Waals surface area contributed by atoms with E-state index in [1.54, 1.807) is 13.0 Å². The highest BCUT2D eigenvalue weighted by atomic mass is 19.1. The molecule has 0 spiro atoms. The van der Waals surface area contributed by atoms with Crippen molar-refractivity contribution in [3.63, 3.8) is 0 Å². The van der Waals surface area contributed by atoms with Crippen molar-refractivity contribution < 1.29 is 23.9 Å². The molecule has 0 radical (unpaired) electrons. The van der Waals surface area contributed by atoms with E-state index in [0.717, 1.165) is 0 Å². The molecule has 5 N–H and O–H groups in total. The summed E-state index contributed by atoms with van der Waals surface area (Å²) in [7, 11) is 0. The zero-order valence-corrected chi connectivity index (χ0v) is 15.6. The molecule has 152 valence electrons. The van der Waals surface area contributed by atoms with Crippen molar-refractivity contribution in [2.45, 2.75) is 38.0 Å². The maximum Gasteiger partial charge on any atom is 0.239 e. The average molecular weight is 392 g/mol. The van der Waals surface area contributed by atoms with Crippen molar-refractivity contribution in [1.82, 2.24) is 21.3 Å². The fourth-order valence-electron chi connectivity index (χ4n) is 3.66. The Hall–Kier alpha value is -2.52. The minimum Gasteiger partial charge on any atom is -0.389 e. The first kappa shape index (κ1) is 20.2. The standard InChI is InChI=1S/C19H25FN4O4/c1-10-4-11(6-13(20)5-10)7-14(17(26)16-19(28)22-3-2-21-16)24-18(27)12-8-15(25)23-9-12/h4-6,12,14,16-17,21,26H,2-3,7-9H2,1H3,(H,22,28)(H,23,25)(H,24,27)/t12?,14-,16-,17-/m0/s1. The second-order valence-corrected chi connectivity index (χ2v) is 7.37. The van der Waals surface area contributed by atoms with Crippen molar-refractivity contribution in [2.24, 2.45) is 5.92 Å². The lowest BCUT2D eigenvalue weighted by atomic mass is 9.93. The normalized spacial score (nSPS) is 24.2. The van der Waals surface area contributed by atoms with Gasteiger partial charge in [-0.3, -0.25) is 14.4 Å². The third-order valence-corrected chi connectivity index (χ3v) is 5.06. The highest BCUT2D eigenvalue weighted by Gasteiger charge is 2.37. The van der Waals surface area contributed by atoms with Gasteiger partial charge in [0.05, 0.1) is 18.1 Å². The third-order valence-electron chi connectivity index (χ3n) is 5.06. The predicted octanol–water partition coefficient (Wildman–Crippen LogP) is -1.25. The quantitative estimate of drug-likeness (QED) is 0.414. The summed E-state index contributed by atoms with van der Waals surface area (Å²) in [5, 5.41) is 21.8. The van der Waals surface area contributed by atoms with Gasteiger partial charge < -0.3 is 26.4 Å². The first-order chi connectivity index (χ1) is 13.3. The first-order valence-corrected chi connectivity index (χ1v) is 9.36. The van der Waals surface area contributed by atoms with Crippen LogP contribution in [0.25, 0.3) is 0 Å². The molecular formula is C19H25FN4O4. The van der Waals surface area contributed by atoms with E-state index in [0.29, 0.717) is 24.2 Å². The molecule has 0 saturated carbocycles. The van der Waals surface area contributed by atoms with Gasteiger partial charge in [0.25, 0.3) is 0 Å². The lowest BCUT2D eigenvalue weighted by Crippen LogP contribution is -2.63. The minimum atomic E-state index is -1.22. The van der Waals surface area contributed by atoms with E-state index in [9.17, 15) is 23.9 Å². The summed E-state index contributed by atoms with van der Waals surface area (Å²) in [6.07, 6.45) is -1.00. The van der Waals surface area contributed by atoms with Gasteiger partial charge in [0.15, 0.2) is 0 Å². The van der Waals surface area contributed by atoms with E-state index in [2.05, 4.69) is 21.3 Å². The molecular weight excluding hydrogens is 367 g/mol. The summed E-state index contributed by atoms with van der Waals surface area (Å²) in [6.45, 7) is 2.93. The Balaban J connectivity index is 1.78. The van der Waals surface area contributed by atoms with Crippen molar-refractivity contribution in [3.05, 3.63) is 35.1 Å². The van der Waals surface area contributed by atoms with Gasteiger partial charge in [-0.15, -0.1) is 0 Å². The molecule has 4 atom stereocenters. The molecule has 3 amide bonds. The molecule has 2 aliphatic heterocycles. The van der Waals surface area contributed by atoms with E-state index in [-0.39, 0.29) is 37.1 Å². The number of nitrogens with one attached hydrogen (secondary N) is 4. The van der Waals surface area contributed by atoms with Crippen LogP contribution in [0.4, 0.5) is 4.39 Å². The van der Waals surface area contributed by atoms with Crippen LogP contribution in [-0.4, -0.2) is 60.6 Å². The number of halogens is 1. The monoisotopic (exact) mass is 392 g/mol. The average Bonchev–Trinajstić information content (AvgIpc) is 3.07. The molecule has 28 heavy (non-hydrogen) atoms. The van der Waals surface area contributed by atoms with Crippen LogP contribution in [0.1, 0.15) is 17.5 Å². The minimum absolute atomic E-state index is 0.0793. The zero-order chi connectivity index (χ0) is 20.3. The molecule has 9 heteroatoms. The van der Waals surface area contributed by atoms with Crippen LogP contribution in [0, 0.1) is 18.7 Å². The Morgan fingerprint density at radius 2 is 2.07 bits per heavy atom. The predicted molar refractivity (Wildman–Crippen MR) is 98.7 cm³/mol. The van der Waals surface area contributed by atoms with Crippen LogP contribution in [0.5, 0.6) is 0 Å². The molecule has 8 nitrogen and oxygen atoms in total. The van der Waals surface area contributed by atoms with E-state index >= 15 is 0 Å². The Kier molecular flexibility index (Phi) is 6.25. The maximum absolute atomic E-state index is 13.8. The molecule has 1 aromatic rings. The second kappa shape index (κ2) is 8.66. The summed E-state index contributed by atoms with van der Waals surface area (Å²) in [6, 6.07) is 2.78. The van der Waals surface area contributed by atoms with E-state index in [1.807, 2.05) is 0 Å². The smallest absolute Gasteiger partial charge is 0.239 e. The number of aryl methyl sites for hydroxylation is 1. The number of carbonyl (C=O) groups is 3. The summed E-state index contributed by atoms with van der Waals surface area (Å²) in [5.74, 6) is -1.89. The number of hydrogen-bond donors (Lipinski definition) is 5. The Morgan fingerprint density at radius 3 is 2.71 bits per heavy atom. The summed E-state index contributed by atoms with van der Waals surface area (Å²) >= 11 is 0. The van der Waals surface area contributed by atoms with Crippen LogP contribution < -0.4 is 21.3 Å². The Bertz CT molecular complexity index is 752. The number of carbonyl (C=O) groups excluding carboxylic acids is 3. The Morgan fingerprint density at radius 1 is 1.29 bits per heavy atom. The zero-order valence-electron chi connectivity index (χ0n) is 15.6. The number of piperazine rings is 1. The van der Waals surface area contributed by atoms with E-state index < -0.39 is 29.9 Å². The highest BCUT2D eigenvalue weighted by Crippen LogP contribution is 2.16. The highest BCUT2D eigenvalue weighted by molar-refractivity contribution is 5.89. The fourth-order valence-corrected chi connectivity index (χ4v) is 3.66. The van der Waals surface area contributed by atoms with Gasteiger partial charge in [0.1, 0.15) is 11.9 Å². The molecule has 2 aliphatic rings. The van der Waals surface area contributed by atoms with Crippen molar-refractivity contribution in [1.29, 1.82) is 0 Å². The van der Waals surface area contributed by atoms with Gasteiger partial charge in [0, 0.05) is 26.1 Å². The molecule has 3 rings (SSSR count). The molecule has 2 heterocycles. The molecule has 0 aliphatic carbocycles. The topological polar surface area (TPSA) is 120 Å². The number of hydrogen-bond acceptors (Lipinski definition) is 5.